The SMILES string of the molecule is Cc1cccc(NC(=O)CSC(C)C(=O)Nc2cc(C=O)ccc2O)c1. The smallest absolute Gasteiger partial charge is 0.237 e. The Morgan fingerprint density at radius 1 is 1.19 bits per heavy atom. The van der Waals surface area contributed by atoms with E-state index in [0.717, 1.165) is 5.56 Å². The minimum absolute atomic E-state index is 0.114. The number of aromatic hydroxyl groups is 1. The summed E-state index contributed by atoms with van der Waals surface area (Å²) in [5.74, 6) is -0.579. The minimum atomic E-state index is -0.516. The molecule has 2 amide bonds. The van der Waals surface area contributed by atoms with E-state index in [1.165, 1.54) is 30.0 Å². The van der Waals surface area contributed by atoms with Crippen LogP contribution in [0.3, 0.4) is 0 Å². The maximum atomic E-state index is 12.2. The molecule has 0 radical (unpaired) electrons. The van der Waals surface area contributed by atoms with Crippen LogP contribution in [0.25, 0.3) is 0 Å². The maximum absolute atomic E-state index is 12.2. The number of aryl methyl sites for hydroxylation is 1. The molecule has 0 fully saturated rings. The third-order valence-corrected chi connectivity index (χ3v) is 4.69. The van der Waals surface area contributed by atoms with Crippen LogP contribution in [0.15, 0.2) is 42.5 Å². The highest BCUT2D eigenvalue weighted by Gasteiger charge is 2.17. The predicted molar refractivity (Wildman–Crippen MR) is 104 cm³/mol. The molecule has 0 heterocycles. The first-order chi connectivity index (χ1) is 12.4. The number of phenolic OH excluding ortho intramolecular Hbond substituents is 1. The summed E-state index contributed by atoms with van der Waals surface area (Å²) in [6.07, 6.45) is 0.628. The highest BCUT2D eigenvalue weighted by atomic mass is 32.2. The second-order valence-electron chi connectivity index (χ2n) is 5.75. The van der Waals surface area contributed by atoms with Crippen molar-refractivity contribution >= 4 is 41.2 Å². The van der Waals surface area contributed by atoms with E-state index < -0.39 is 5.25 Å². The number of aldehydes is 1. The Morgan fingerprint density at radius 2 is 1.96 bits per heavy atom. The van der Waals surface area contributed by atoms with E-state index in [-0.39, 0.29) is 29.0 Å². The van der Waals surface area contributed by atoms with Crippen LogP contribution in [0.4, 0.5) is 11.4 Å². The molecular weight excluding hydrogens is 352 g/mol. The van der Waals surface area contributed by atoms with Crippen molar-refractivity contribution < 1.29 is 19.5 Å². The molecule has 3 N–H and O–H groups in total. The summed E-state index contributed by atoms with van der Waals surface area (Å²) in [4.78, 5) is 35.0. The summed E-state index contributed by atoms with van der Waals surface area (Å²) in [5.41, 5.74) is 2.26. The van der Waals surface area contributed by atoms with Gasteiger partial charge in [0.25, 0.3) is 0 Å². The number of phenols is 1. The summed E-state index contributed by atoms with van der Waals surface area (Å²) in [5, 5.41) is 14.6. The third kappa shape index (κ3) is 5.63. The fraction of sp³-hybridized carbons (Fsp3) is 0.211. The van der Waals surface area contributed by atoms with Gasteiger partial charge in [0, 0.05) is 11.3 Å². The fourth-order valence-corrected chi connectivity index (χ4v) is 2.84. The first-order valence-electron chi connectivity index (χ1n) is 7.96. The molecule has 1 unspecified atom stereocenters. The third-order valence-electron chi connectivity index (χ3n) is 3.55. The number of hydrogen-bond donors (Lipinski definition) is 3. The van der Waals surface area contributed by atoms with Gasteiger partial charge in [0.15, 0.2) is 0 Å². The largest absolute Gasteiger partial charge is 0.506 e. The lowest BCUT2D eigenvalue weighted by molar-refractivity contribution is -0.115. The van der Waals surface area contributed by atoms with Gasteiger partial charge in [-0.05, 0) is 49.7 Å². The van der Waals surface area contributed by atoms with Gasteiger partial charge >= 0.3 is 0 Å². The summed E-state index contributed by atoms with van der Waals surface area (Å²) >= 11 is 1.18. The number of rotatable bonds is 7. The molecule has 2 aromatic rings. The zero-order valence-electron chi connectivity index (χ0n) is 14.5. The highest BCUT2D eigenvalue weighted by molar-refractivity contribution is 8.01. The number of thioether (sulfide) groups is 1. The van der Waals surface area contributed by atoms with Crippen LogP contribution in [0.2, 0.25) is 0 Å². The topological polar surface area (TPSA) is 95.5 Å². The Hall–Kier alpha value is -2.80. The molecule has 0 bridgehead atoms. The first-order valence-corrected chi connectivity index (χ1v) is 9.01. The molecule has 2 rings (SSSR count). The number of anilines is 2. The minimum Gasteiger partial charge on any atom is -0.506 e. The van der Waals surface area contributed by atoms with Gasteiger partial charge in [-0.25, -0.2) is 0 Å². The van der Waals surface area contributed by atoms with Crippen LogP contribution < -0.4 is 10.6 Å². The van der Waals surface area contributed by atoms with Gasteiger partial charge in [0.1, 0.15) is 12.0 Å². The van der Waals surface area contributed by atoms with E-state index >= 15 is 0 Å². The van der Waals surface area contributed by atoms with E-state index in [4.69, 9.17) is 0 Å². The molecule has 1 atom stereocenters. The van der Waals surface area contributed by atoms with Crippen LogP contribution in [-0.4, -0.2) is 34.2 Å². The van der Waals surface area contributed by atoms with Crippen molar-refractivity contribution in [1.29, 1.82) is 0 Å². The number of amides is 2. The van der Waals surface area contributed by atoms with E-state index in [1.807, 2.05) is 25.1 Å². The first kappa shape index (κ1) is 19.5. The molecule has 0 saturated carbocycles. The molecule has 0 aliphatic carbocycles. The van der Waals surface area contributed by atoms with Crippen molar-refractivity contribution in [2.75, 3.05) is 16.4 Å². The molecule has 7 heteroatoms. The van der Waals surface area contributed by atoms with Crippen molar-refractivity contribution in [3.8, 4) is 5.75 Å². The quantitative estimate of drug-likeness (QED) is 0.512. The number of carbonyl (C=O) groups is 3. The molecule has 0 aliphatic rings. The lowest BCUT2D eigenvalue weighted by Crippen LogP contribution is -2.25. The fourth-order valence-electron chi connectivity index (χ4n) is 2.16. The average molecular weight is 372 g/mol. The number of carbonyl (C=O) groups excluding carboxylic acids is 3. The molecule has 0 saturated heterocycles. The van der Waals surface area contributed by atoms with Crippen LogP contribution in [0.1, 0.15) is 22.8 Å². The van der Waals surface area contributed by atoms with Gasteiger partial charge in [0.05, 0.1) is 16.7 Å². The van der Waals surface area contributed by atoms with E-state index in [0.29, 0.717) is 17.5 Å². The Labute approximate surface area is 156 Å². The number of hydrogen-bond acceptors (Lipinski definition) is 5. The molecule has 2 aromatic carbocycles. The molecule has 136 valence electrons. The Morgan fingerprint density at radius 3 is 2.65 bits per heavy atom. The van der Waals surface area contributed by atoms with Crippen molar-refractivity contribution in [2.24, 2.45) is 0 Å². The summed E-state index contributed by atoms with van der Waals surface area (Å²) < 4.78 is 0. The second kappa shape index (κ2) is 9.05. The van der Waals surface area contributed by atoms with Crippen molar-refractivity contribution in [1.82, 2.24) is 0 Å². The van der Waals surface area contributed by atoms with Gasteiger partial charge in [-0.15, -0.1) is 11.8 Å². The van der Waals surface area contributed by atoms with Crippen LogP contribution in [-0.2, 0) is 9.59 Å². The van der Waals surface area contributed by atoms with E-state index in [1.54, 1.807) is 13.0 Å². The lowest BCUT2D eigenvalue weighted by atomic mass is 10.2. The van der Waals surface area contributed by atoms with Gasteiger partial charge in [0.2, 0.25) is 11.8 Å². The molecule has 0 aliphatic heterocycles. The van der Waals surface area contributed by atoms with Crippen LogP contribution >= 0.6 is 11.8 Å². The van der Waals surface area contributed by atoms with Crippen LogP contribution in [0.5, 0.6) is 5.75 Å². The average Bonchev–Trinajstić information content (AvgIpc) is 2.61. The van der Waals surface area contributed by atoms with Crippen LogP contribution in [0, 0.1) is 6.92 Å². The molecular formula is C19H20N2O4S. The zero-order valence-corrected chi connectivity index (χ0v) is 15.3. The molecule has 6 nitrogen and oxygen atoms in total. The zero-order chi connectivity index (χ0) is 19.1. The normalized spacial score (nSPS) is 11.5. The second-order valence-corrected chi connectivity index (χ2v) is 7.08. The maximum Gasteiger partial charge on any atom is 0.237 e. The van der Waals surface area contributed by atoms with E-state index in [9.17, 15) is 19.5 Å². The standard InChI is InChI=1S/C19H20N2O4S/c1-12-4-3-5-15(8-12)20-18(24)11-26-13(2)19(25)21-16-9-14(10-22)6-7-17(16)23/h3-10,13,23H,11H2,1-2H3,(H,20,24)(H,21,25). The van der Waals surface area contributed by atoms with Gasteiger partial charge in [-0.3, -0.25) is 14.4 Å². The van der Waals surface area contributed by atoms with E-state index in [2.05, 4.69) is 10.6 Å². The summed E-state index contributed by atoms with van der Waals surface area (Å²) in [6, 6.07) is 11.6. The monoisotopic (exact) mass is 372 g/mol. The predicted octanol–water partition coefficient (Wildman–Crippen LogP) is 3.21. The number of nitrogens with one attached hydrogen (secondary N) is 2. The Balaban J connectivity index is 1.87. The molecule has 0 aromatic heterocycles. The van der Waals surface area contributed by atoms with Gasteiger partial charge < -0.3 is 15.7 Å². The Bertz CT molecular complexity index is 823. The summed E-state index contributed by atoms with van der Waals surface area (Å²) in [6.45, 7) is 3.60. The highest BCUT2D eigenvalue weighted by Crippen LogP contribution is 2.25. The summed E-state index contributed by atoms with van der Waals surface area (Å²) in [7, 11) is 0. The van der Waals surface area contributed by atoms with Crippen molar-refractivity contribution in [3.63, 3.8) is 0 Å². The van der Waals surface area contributed by atoms with Gasteiger partial charge in [-0.2, -0.15) is 0 Å². The molecule has 26 heavy (non-hydrogen) atoms. The number of benzene rings is 2. The van der Waals surface area contributed by atoms with Crippen molar-refractivity contribution in [2.45, 2.75) is 19.1 Å². The lowest BCUT2D eigenvalue weighted by Gasteiger charge is -2.13. The van der Waals surface area contributed by atoms with Gasteiger partial charge in [-0.1, -0.05) is 12.1 Å². The molecule has 0 spiro atoms. The Kier molecular flexibility index (Phi) is 6.80. The van der Waals surface area contributed by atoms with Crippen molar-refractivity contribution in [3.05, 3.63) is 53.6 Å².